The molecule has 0 unspecified atom stereocenters. The number of aryl methyl sites for hydroxylation is 2. The van der Waals surface area contributed by atoms with Crippen molar-refractivity contribution < 1.29 is 4.42 Å². The molecule has 4 nitrogen and oxygen atoms in total. The fourth-order valence-corrected chi connectivity index (χ4v) is 4.75. The van der Waals surface area contributed by atoms with Crippen LogP contribution in [0.3, 0.4) is 0 Å². The highest BCUT2D eigenvalue weighted by Crippen LogP contribution is 2.35. The molecule has 3 aromatic rings. The maximum atomic E-state index is 6.01. The van der Waals surface area contributed by atoms with Gasteiger partial charge in [-0.1, -0.05) is 37.3 Å². The van der Waals surface area contributed by atoms with Crippen LogP contribution in [0.4, 0.5) is 0 Å². The van der Waals surface area contributed by atoms with Crippen LogP contribution in [-0.4, -0.2) is 21.6 Å². The van der Waals surface area contributed by atoms with E-state index >= 15 is 0 Å². The zero-order chi connectivity index (χ0) is 17.8. The average molecular weight is 368 g/mol. The van der Waals surface area contributed by atoms with E-state index in [2.05, 4.69) is 58.4 Å². The van der Waals surface area contributed by atoms with Crippen molar-refractivity contribution in [1.29, 1.82) is 0 Å². The summed E-state index contributed by atoms with van der Waals surface area (Å²) >= 11 is 1.82. The Kier molecular flexibility index (Phi) is 5.46. The number of thiophene rings is 1. The molecule has 0 amide bonds. The molecule has 5 heteroatoms. The van der Waals surface area contributed by atoms with Crippen molar-refractivity contribution in [1.82, 2.24) is 15.1 Å². The fourth-order valence-electron chi connectivity index (χ4n) is 3.58. The molecule has 1 aliphatic carbocycles. The molecule has 26 heavy (non-hydrogen) atoms. The second kappa shape index (κ2) is 8.14. The van der Waals surface area contributed by atoms with E-state index < -0.39 is 0 Å². The van der Waals surface area contributed by atoms with E-state index in [0.717, 1.165) is 24.4 Å². The summed E-state index contributed by atoms with van der Waals surface area (Å²) in [5.74, 6) is 1.38. The van der Waals surface area contributed by atoms with Gasteiger partial charge in [-0.05, 0) is 55.8 Å². The van der Waals surface area contributed by atoms with E-state index in [-0.39, 0.29) is 0 Å². The Bertz CT molecular complexity index is 817. The number of hydrogen-bond donors (Lipinski definition) is 0. The van der Waals surface area contributed by atoms with E-state index in [0.29, 0.717) is 18.3 Å². The average Bonchev–Trinajstić information content (AvgIpc) is 3.29. The lowest BCUT2D eigenvalue weighted by molar-refractivity contribution is 0.232. The predicted octanol–water partition coefficient (Wildman–Crippen LogP) is 5.09. The topological polar surface area (TPSA) is 42.2 Å². The summed E-state index contributed by atoms with van der Waals surface area (Å²) < 4.78 is 6.01. The number of nitrogens with zero attached hydrogens (tertiary/aromatic N) is 3. The summed E-state index contributed by atoms with van der Waals surface area (Å²) in [6.07, 6.45) is 6.08. The second-order valence-corrected chi connectivity index (χ2v) is 8.10. The molecular formula is C21H25N3OS. The maximum Gasteiger partial charge on any atom is 0.257 e. The second-order valence-electron chi connectivity index (χ2n) is 6.96. The first-order chi connectivity index (χ1) is 12.8. The highest BCUT2D eigenvalue weighted by atomic mass is 32.1. The first-order valence-electron chi connectivity index (χ1n) is 9.52. The third-order valence-corrected chi connectivity index (χ3v) is 6.05. The zero-order valence-corrected chi connectivity index (χ0v) is 16.1. The smallest absolute Gasteiger partial charge is 0.257 e. The first-order valence-corrected chi connectivity index (χ1v) is 10.3. The van der Waals surface area contributed by atoms with Crippen LogP contribution in [0.1, 0.15) is 48.1 Å². The molecule has 0 atom stereocenters. The van der Waals surface area contributed by atoms with Crippen molar-refractivity contribution >= 4 is 11.3 Å². The highest BCUT2D eigenvalue weighted by molar-refractivity contribution is 7.15. The Morgan fingerprint density at radius 2 is 1.92 bits per heavy atom. The predicted molar refractivity (Wildman–Crippen MR) is 105 cm³/mol. The van der Waals surface area contributed by atoms with Gasteiger partial charge in [0.15, 0.2) is 0 Å². The summed E-state index contributed by atoms with van der Waals surface area (Å²) in [5, 5.41) is 8.63. The Morgan fingerprint density at radius 3 is 2.73 bits per heavy atom. The molecule has 4 rings (SSSR count). The quantitative estimate of drug-likeness (QED) is 0.583. The van der Waals surface area contributed by atoms with Gasteiger partial charge in [0.05, 0.1) is 11.4 Å². The molecular weight excluding hydrogens is 342 g/mol. The summed E-state index contributed by atoms with van der Waals surface area (Å²) in [6, 6.07) is 12.8. The summed E-state index contributed by atoms with van der Waals surface area (Å²) in [5.41, 5.74) is 2.79. The summed E-state index contributed by atoms with van der Waals surface area (Å²) in [4.78, 5) is 5.00. The SMILES string of the molecule is CCCN(Cc1ccccc1)Cc1nnc(-c2cc3c(s2)CCCC3)o1. The lowest BCUT2D eigenvalue weighted by Gasteiger charge is -2.19. The van der Waals surface area contributed by atoms with Gasteiger partial charge in [0, 0.05) is 11.4 Å². The number of aromatic nitrogens is 2. The van der Waals surface area contributed by atoms with Crippen molar-refractivity contribution in [2.75, 3.05) is 6.54 Å². The molecule has 0 radical (unpaired) electrons. The molecule has 0 fully saturated rings. The molecule has 0 saturated carbocycles. The van der Waals surface area contributed by atoms with Gasteiger partial charge in [-0.15, -0.1) is 21.5 Å². The van der Waals surface area contributed by atoms with Crippen LogP contribution in [0.25, 0.3) is 10.8 Å². The lowest BCUT2D eigenvalue weighted by Crippen LogP contribution is -2.23. The number of benzene rings is 1. The monoisotopic (exact) mass is 367 g/mol. The third kappa shape index (κ3) is 4.05. The van der Waals surface area contributed by atoms with Gasteiger partial charge in [-0.3, -0.25) is 4.90 Å². The molecule has 0 N–H and O–H groups in total. The van der Waals surface area contributed by atoms with Crippen LogP contribution >= 0.6 is 11.3 Å². The van der Waals surface area contributed by atoms with Crippen molar-refractivity contribution in [3.8, 4) is 10.8 Å². The molecule has 0 bridgehead atoms. The van der Waals surface area contributed by atoms with Crippen molar-refractivity contribution in [3.63, 3.8) is 0 Å². The Hall–Kier alpha value is -1.98. The van der Waals surface area contributed by atoms with Crippen LogP contribution in [-0.2, 0) is 25.9 Å². The molecule has 1 aliphatic rings. The molecule has 2 heterocycles. The van der Waals surface area contributed by atoms with Gasteiger partial charge in [-0.2, -0.15) is 0 Å². The van der Waals surface area contributed by atoms with Crippen molar-refractivity contribution in [2.45, 2.75) is 52.1 Å². The minimum atomic E-state index is 0.676. The molecule has 136 valence electrons. The van der Waals surface area contributed by atoms with E-state index in [1.165, 1.54) is 41.7 Å². The maximum absolute atomic E-state index is 6.01. The molecule has 0 spiro atoms. The number of hydrogen-bond acceptors (Lipinski definition) is 5. The van der Waals surface area contributed by atoms with Crippen LogP contribution in [0.15, 0.2) is 40.8 Å². The standard InChI is InChI=1S/C21H25N3OS/c1-2-12-24(14-16-8-4-3-5-9-16)15-20-22-23-21(25-20)19-13-17-10-6-7-11-18(17)26-19/h3-5,8-9,13H,2,6-7,10-12,14-15H2,1H3. The largest absolute Gasteiger partial charge is 0.419 e. The zero-order valence-electron chi connectivity index (χ0n) is 15.3. The van der Waals surface area contributed by atoms with Gasteiger partial charge in [0.1, 0.15) is 0 Å². The Morgan fingerprint density at radius 1 is 1.08 bits per heavy atom. The van der Waals surface area contributed by atoms with E-state index in [1.54, 1.807) is 0 Å². The van der Waals surface area contributed by atoms with Crippen molar-refractivity contribution in [2.24, 2.45) is 0 Å². The third-order valence-electron chi connectivity index (χ3n) is 4.82. The summed E-state index contributed by atoms with van der Waals surface area (Å²) in [6.45, 7) is 4.81. The van der Waals surface area contributed by atoms with Gasteiger partial charge >= 0.3 is 0 Å². The van der Waals surface area contributed by atoms with Crippen LogP contribution < -0.4 is 0 Å². The highest BCUT2D eigenvalue weighted by Gasteiger charge is 2.18. The van der Waals surface area contributed by atoms with Gasteiger partial charge in [-0.25, -0.2) is 0 Å². The first kappa shape index (κ1) is 17.4. The minimum Gasteiger partial charge on any atom is -0.419 e. The minimum absolute atomic E-state index is 0.676. The van der Waals surface area contributed by atoms with E-state index in [1.807, 2.05) is 11.3 Å². The Balaban J connectivity index is 1.46. The van der Waals surface area contributed by atoms with Crippen LogP contribution in [0.2, 0.25) is 0 Å². The lowest BCUT2D eigenvalue weighted by atomic mass is 9.99. The van der Waals surface area contributed by atoms with Crippen LogP contribution in [0, 0.1) is 0 Å². The molecule has 0 aliphatic heterocycles. The molecule has 1 aromatic carbocycles. The summed E-state index contributed by atoms with van der Waals surface area (Å²) in [7, 11) is 0. The molecule has 2 aromatic heterocycles. The number of rotatable bonds is 7. The number of fused-ring (bicyclic) bond motifs is 1. The Labute approximate surface area is 158 Å². The van der Waals surface area contributed by atoms with E-state index in [4.69, 9.17) is 4.42 Å². The molecule has 0 saturated heterocycles. The van der Waals surface area contributed by atoms with Gasteiger partial charge in [0.2, 0.25) is 5.89 Å². The van der Waals surface area contributed by atoms with E-state index in [9.17, 15) is 0 Å². The van der Waals surface area contributed by atoms with Gasteiger partial charge < -0.3 is 4.42 Å². The van der Waals surface area contributed by atoms with Gasteiger partial charge in [0.25, 0.3) is 5.89 Å². The van der Waals surface area contributed by atoms with Crippen LogP contribution in [0.5, 0.6) is 0 Å². The normalized spacial score (nSPS) is 13.9. The van der Waals surface area contributed by atoms with Crippen molar-refractivity contribution in [3.05, 3.63) is 58.3 Å². The fraction of sp³-hybridized carbons (Fsp3) is 0.429.